The van der Waals surface area contributed by atoms with E-state index in [1.54, 1.807) is 41.3 Å². The number of rotatable bonds is 7. The number of halogens is 3. The van der Waals surface area contributed by atoms with Crippen LogP contribution in [0.4, 0.5) is 19.7 Å². The molecule has 5 aromatic rings. The van der Waals surface area contributed by atoms with Gasteiger partial charge in [-0.05, 0) is 52.7 Å². The fraction of sp³-hybridized carbons (Fsp3) is 0.220. The maximum absolute atomic E-state index is 16.3. The van der Waals surface area contributed by atoms with Gasteiger partial charge < -0.3 is 24.6 Å². The van der Waals surface area contributed by atoms with Crippen LogP contribution in [0.3, 0.4) is 0 Å². The van der Waals surface area contributed by atoms with Gasteiger partial charge in [0.05, 0.1) is 21.8 Å². The number of amides is 3. The Kier molecular flexibility index (Phi) is 11.4. The molecular formula is C41H40Cl2FN5O4Si. The van der Waals surface area contributed by atoms with Gasteiger partial charge in [0, 0.05) is 31.4 Å². The van der Waals surface area contributed by atoms with Crippen LogP contribution < -0.4 is 20.1 Å². The third-order valence-corrected chi connectivity index (χ3v) is 15.0. The van der Waals surface area contributed by atoms with Crippen LogP contribution in [0.2, 0.25) is 15.2 Å². The molecule has 1 saturated heterocycles. The highest BCUT2D eigenvalue weighted by Gasteiger charge is 2.52. The molecule has 9 nitrogen and oxygen atoms in total. The fourth-order valence-corrected chi connectivity index (χ4v) is 11.8. The van der Waals surface area contributed by atoms with Gasteiger partial charge in [-0.2, -0.15) is 4.99 Å². The lowest BCUT2D eigenvalue weighted by Crippen LogP contribution is -2.68. The maximum atomic E-state index is 16.3. The first kappa shape index (κ1) is 38.5. The Morgan fingerprint density at radius 3 is 2.06 bits per heavy atom. The summed E-state index contributed by atoms with van der Waals surface area (Å²) < 4.78 is 23.5. The minimum absolute atomic E-state index is 0.0349. The average Bonchev–Trinajstić information content (AvgIpc) is 3.14. The van der Waals surface area contributed by atoms with Crippen molar-refractivity contribution < 1.29 is 23.5 Å². The third-order valence-electron chi connectivity index (χ3n) is 9.47. The summed E-state index contributed by atoms with van der Waals surface area (Å²) in [5.41, 5.74) is 0.830. The molecule has 1 fully saturated rings. The van der Waals surface area contributed by atoms with Crippen molar-refractivity contribution in [1.82, 2.24) is 14.8 Å². The van der Waals surface area contributed by atoms with Crippen molar-refractivity contribution in [3.8, 4) is 17.0 Å². The number of carbonyl (C=O) groups is 2. The molecule has 0 radical (unpaired) electrons. The van der Waals surface area contributed by atoms with E-state index in [1.807, 2.05) is 73.7 Å². The van der Waals surface area contributed by atoms with E-state index in [4.69, 9.17) is 27.6 Å². The van der Waals surface area contributed by atoms with E-state index in [0.29, 0.717) is 5.69 Å². The van der Waals surface area contributed by atoms with Crippen molar-refractivity contribution in [3.05, 3.63) is 137 Å². The van der Waals surface area contributed by atoms with Crippen LogP contribution in [-0.4, -0.2) is 71.8 Å². The molecule has 54 heavy (non-hydrogen) atoms. The van der Waals surface area contributed by atoms with E-state index in [0.717, 1.165) is 10.4 Å². The molecule has 13 heteroatoms. The van der Waals surface area contributed by atoms with E-state index in [2.05, 4.69) is 36.1 Å². The fourth-order valence-electron chi connectivity index (χ4n) is 6.93. The molecule has 1 aliphatic heterocycles. The van der Waals surface area contributed by atoms with Crippen LogP contribution >= 0.6 is 23.2 Å². The number of anilines is 1. The number of piperazine rings is 1. The lowest BCUT2D eigenvalue weighted by atomic mass is 10.1. The summed E-state index contributed by atoms with van der Waals surface area (Å²) in [6.07, 6.45) is -1.05. The lowest BCUT2D eigenvalue weighted by molar-refractivity contribution is 0.106. The molecule has 278 valence electrons. The van der Waals surface area contributed by atoms with Gasteiger partial charge in [0.25, 0.3) is 0 Å². The Bertz CT molecular complexity index is 2130. The van der Waals surface area contributed by atoms with E-state index < -0.39 is 37.3 Å². The largest absolute Gasteiger partial charge is 0.533 e. The summed E-state index contributed by atoms with van der Waals surface area (Å²) in [6, 6.07) is 33.9. The number of amidine groups is 1. The molecule has 2 heterocycles. The van der Waals surface area contributed by atoms with Crippen molar-refractivity contribution in [2.24, 2.45) is 4.99 Å². The van der Waals surface area contributed by atoms with Crippen molar-refractivity contribution in [1.29, 1.82) is 0 Å². The molecule has 1 aliphatic rings. The number of pyridine rings is 1. The minimum atomic E-state index is -3.22. The molecule has 0 spiro atoms. The first-order valence-electron chi connectivity index (χ1n) is 17.4. The SMILES string of the molecule is CC1CN(C(=O)O)CCN1/C(=N/C(=O)Nc1ccccc1)c1cc(Cl)c(-c2c(F)cccc2O[Si](c2ccccc2)(c2ccccc2)C(C)(C)C)nc1Cl. The van der Waals surface area contributed by atoms with E-state index in [-0.39, 0.29) is 58.2 Å². The van der Waals surface area contributed by atoms with Crippen LogP contribution in [0.15, 0.2) is 120 Å². The third kappa shape index (κ3) is 7.84. The van der Waals surface area contributed by atoms with E-state index in [1.165, 1.54) is 17.0 Å². The second-order valence-electron chi connectivity index (χ2n) is 14.0. The molecule has 0 saturated carbocycles. The number of para-hydroxylation sites is 1. The number of carbonyl (C=O) groups excluding carboxylic acids is 1. The number of urea groups is 1. The van der Waals surface area contributed by atoms with E-state index >= 15 is 4.39 Å². The van der Waals surface area contributed by atoms with Gasteiger partial charge >= 0.3 is 20.4 Å². The van der Waals surface area contributed by atoms with E-state index in [9.17, 15) is 14.7 Å². The Hall–Kier alpha value is -5.23. The quantitative estimate of drug-likeness (QED) is 0.0740. The highest BCUT2D eigenvalue weighted by atomic mass is 35.5. The summed E-state index contributed by atoms with van der Waals surface area (Å²) in [6.45, 7) is 8.73. The van der Waals surface area contributed by atoms with Crippen LogP contribution in [-0.2, 0) is 0 Å². The summed E-state index contributed by atoms with van der Waals surface area (Å²) in [4.78, 5) is 37.3. The second kappa shape index (κ2) is 16.0. The molecule has 1 aromatic heterocycles. The van der Waals surface area contributed by atoms with Gasteiger partial charge in [-0.15, -0.1) is 0 Å². The zero-order valence-electron chi connectivity index (χ0n) is 30.3. The van der Waals surface area contributed by atoms with Crippen LogP contribution in [0.1, 0.15) is 33.3 Å². The Labute approximate surface area is 325 Å². The first-order chi connectivity index (χ1) is 25.8. The Morgan fingerprint density at radius 2 is 1.50 bits per heavy atom. The predicted molar refractivity (Wildman–Crippen MR) is 216 cm³/mol. The number of aromatic nitrogens is 1. The van der Waals surface area contributed by atoms with Crippen molar-refractivity contribution in [3.63, 3.8) is 0 Å². The summed E-state index contributed by atoms with van der Waals surface area (Å²) in [7, 11) is -3.22. The number of nitrogens with one attached hydrogen (secondary N) is 1. The van der Waals surface area contributed by atoms with Gasteiger partial charge in [0.1, 0.15) is 22.6 Å². The zero-order chi connectivity index (χ0) is 38.6. The van der Waals surface area contributed by atoms with Gasteiger partial charge in [0.2, 0.25) is 0 Å². The molecule has 1 atom stereocenters. The number of aliphatic imine (C=N–C) groups is 1. The number of benzene rings is 4. The molecule has 0 bridgehead atoms. The molecule has 0 aliphatic carbocycles. The minimum Gasteiger partial charge on any atom is -0.533 e. The van der Waals surface area contributed by atoms with Crippen LogP contribution in [0.5, 0.6) is 5.75 Å². The standard InChI is InChI=1S/C41H40Cl2FN5O4Si/c1-27-26-48(40(51)52)23-24-49(27)38(47-39(50)45-28-15-8-5-9-16-28)31-25-32(42)36(46-37(31)43)35-33(44)21-14-22-34(35)53-54(41(2,3)4,29-17-10-6-11-18-29)30-19-12-7-13-20-30/h5-22,25,27H,23-24,26H2,1-4H3,(H,45,50)(H,51,52)/b47-38+. The van der Waals surface area contributed by atoms with Crippen LogP contribution in [0.25, 0.3) is 11.3 Å². The summed E-state index contributed by atoms with van der Waals surface area (Å²) in [5.74, 6) is -0.223. The molecule has 2 N–H and O–H groups in total. The zero-order valence-corrected chi connectivity index (χ0v) is 32.8. The maximum Gasteiger partial charge on any atom is 0.407 e. The molecule has 3 amide bonds. The summed E-state index contributed by atoms with van der Waals surface area (Å²) in [5, 5.41) is 13.9. The molecular weight excluding hydrogens is 744 g/mol. The van der Waals surface area contributed by atoms with Gasteiger partial charge in [-0.25, -0.2) is 19.0 Å². The topological polar surface area (TPSA) is 107 Å². The highest BCUT2D eigenvalue weighted by Crippen LogP contribution is 2.43. The average molecular weight is 785 g/mol. The summed E-state index contributed by atoms with van der Waals surface area (Å²) >= 11 is 14.0. The van der Waals surface area contributed by atoms with Crippen LogP contribution in [0, 0.1) is 5.82 Å². The lowest BCUT2D eigenvalue weighted by Gasteiger charge is -2.43. The Balaban J connectivity index is 1.47. The first-order valence-corrected chi connectivity index (χ1v) is 20.1. The van der Waals surface area contributed by atoms with Crippen molar-refractivity contribution in [2.75, 3.05) is 25.0 Å². The Morgan fingerprint density at radius 1 is 0.907 bits per heavy atom. The van der Waals surface area contributed by atoms with Crippen molar-refractivity contribution in [2.45, 2.75) is 38.8 Å². The monoisotopic (exact) mass is 783 g/mol. The predicted octanol–water partition coefficient (Wildman–Crippen LogP) is 8.80. The number of carboxylic acid groups (broad SMARTS) is 1. The van der Waals surface area contributed by atoms with Crippen molar-refractivity contribution >= 4 is 65.5 Å². The van der Waals surface area contributed by atoms with Gasteiger partial charge in [-0.1, -0.05) is 129 Å². The molecule has 4 aromatic carbocycles. The molecule has 1 unspecified atom stereocenters. The smallest absolute Gasteiger partial charge is 0.407 e. The van der Waals surface area contributed by atoms with Gasteiger partial charge in [0.15, 0.2) is 0 Å². The normalized spacial score (nSPS) is 15.2. The second-order valence-corrected chi connectivity index (χ2v) is 19.0. The number of nitrogens with zero attached hydrogens (tertiary/aromatic N) is 4. The highest BCUT2D eigenvalue weighted by molar-refractivity contribution is 7.00. The number of hydrogen-bond donors (Lipinski definition) is 2. The molecule has 6 rings (SSSR count). The van der Waals surface area contributed by atoms with Gasteiger partial charge in [-0.3, -0.25) is 0 Å². The number of hydrogen-bond acceptors (Lipinski definition) is 4.